The fraction of sp³-hybridized carbons (Fsp3) is 0.0345. The zero-order valence-electron chi connectivity index (χ0n) is 19.6. The number of rotatable bonds is 6. The maximum absolute atomic E-state index is 5.98. The van der Waals surface area contributed by atoms with E-state index in [-0.39, 0.29) is 0 Å². The molecule has 0 bridgehead atoms. The molecule has 0 aliphatic carbocycles. The van der Waals surface area contributed by atoms with Crippen LogP contribution in [-0.4, -0.2) is 30.1 Å². The van der Waals surface area contributed by atoms with Crippen LogP contribution in [0, 0.1) is 0 Å². The Kier molecular flexibility index (Phi) is 5.22. The summed E-state index contributed by atoms with van der Waals surface area (Å²) in [5, 5.41) is 11.8. The highest BCUT2D eigenvalue weighted by atomic mass is 32.1. The maximum atomic E-state index is 5.98. The first-order valence-corrected chi connectivity index (χ1v) is 12.7. The van der Waals surface area contributed by atoms with Crippen LogP contribution in [0.5, 0.6) is 5.75 Å². The fourth-order valence-electron chi connectivity index (χ4n) is 4.45. The van der Waals surface area contributed by atoms with E-state index in [4.69, 9.17) is 4.74 Å². The Hall–Kier alpha value is -4.82. The van der Waals surface area contributed by atoms with Crippen molar-refractivity contribution in [2.24, 2.45) is 0 Å². The lowest BCUT2D eigenvalue weighted by Crippen LogP contribution is -1.96. The number of aromatic amines is 2. The van der Waals surface area contributed by atoms with Crippen LogP contribution < -0.4 is 4.74 Å². The van der Waals surface area contributed by atoms with Gasteiger partial charge in [-0.1, -0.05) is 36.4 Å². The molecule has 0 saturated heterocycles. The number of H-pyrrole nitrogens is 2. The van der Waals surface area contributed by atoms with Crippen molar-refractivity contribution in [2.45, 2.75) is 6.61 Å². The summed E-state index contributed by atoms with van der Waals surface area (Å²) in [4.78, 5) is 18.3. The Morgan fingerprint density at radius 3 is 2.62 bits per heavy atom. The van der Waals surface area contributed by atoms with Gasteiger partial charge < -0.3 is 9.72 Å². The van der Waals surface area contributed by atoms with Crippen molar-refractivity contribution in [3.8, 4) is 39.0 Å². The average Bonchev–Trinajstić information content (AvgIpc) is 3.71. The Labute approximate surface area is 215 Å². The Bertz CT molecular complexity index is 1840. The molecule has 7 rings (SSSR count). The van der Waals surface area contributed by atoms with E-state index in [1.54, 1.807) is 29.9 Å². The van der Waals surface area contributed by atoms with Gasteiger partial charge in [0.2, 0.25) is 0 Å². The normalized spacial score (nSPS) is 11.4. The van der Waals surface area contributed by atoms with E-state index in [1.807, 2.05) is 60.8 Å². The quantitative estimate of drug-likeness (QED) is 0.260. The minimum Gasteiger partial charge on any atom is -0.487 e. The maximum Gasteiger partial charge on any atom is 0.138 e. The summed E-state index contributed by atoms with van der Waals surface area (Å²) in [5.74, 6) is 0.694. The number of thiophene rings is 1. The van der Waals surface area contributed by atoms with Crippen molar-refractivity contribution in [1.82, 2.24) is 30.1 Å². The van der Waals surface area contributed by atoms with Gasteiger partial charge in [-0.2, -0.15) is 5.10 Å². The smallest absolute Gasteiger partial charge is 0.138 e. The number of nitrogens with one attached hydrogen (secondary N) is 2. The van der Waals surface area contributed by atoms with Crippen LogP contribution in [0.25, 0.3) is 55.0 Å². The van der Waals surface area contributed by atoms with Crippen LogP contribution >= 0.6 is 11.3 Å². The van der Waals surface area contributed by atoms with Crippen molar-refractivity contribution >= 4 is 33.1 Å². The lowest BCUT2D eigenvalue weighted by molar-refractivity contribution is 0.305. The topological polar surface area (TPSA) is 92.4 Å². The van der Waals surface area contributed by atoms with Crippen LogP contribution in [0.3, 0.4) is 0 Å². The number of fused-ring (bicyclic) bond motifs is 2. The van der Waals surface area contributed by atoms with Crippen molar-refractivity contribution in [2.75, 3.05) is 0 Å². The van der Waals surface area contributed by atoms with E-state index < -0.39 is 0 Å². The fourth-order valence-corrected chi connectivity index (χ4v) is 5.18. The summed E-state index contributed by atoms with van der Waals surface area (Å²) in [6, 6.07) is 22.3. The number of aromatic nitrogens is 6. The van der Waals surface area contributed by atoms with E-state index in [0.29, 0.717) is 12.4 Å². The Morgan fingerprint density at radius 1 is 0.811 bits per heavy atom. The lowest BCUT2D eigenvalue weighted by atomic mass is 10.1. The van der Waals surface area contributed by atoms with Gasteiger partial charge in [0, 0.05) is 34.2 Å². The molecule has 0 fully saturated rings. The Morgan fingerprint density at radius 2 is 1.73 bits per heavy atom. The standard InChI is InChI=1S/C29H20N6OS/c1-2-5-18(6-3-1)17-36-20-11-19(14-30-15-20)24-12-22-26(16-32-24)34-35-28(22)25-13-21-23(33-25)8-9-31-29(21)27-7-4-10-37-27/h1-16,33H,17H2,(H,34,35). The summed E-state index contributed by atoms with van der Waals surface area (Å²) in [6.07, 6.45) is 7.16. The van der Waals surface area contributed by atoms with E-state index in [0.717, 1.165) is 60.6 Å². The minimum atomic E-state index is 0.479. The molecule has 0 atom stereocenters. The van der Waals surface area contributed by atoms with Crippen LogP contribution in [0.2, 0.25) is 0 Å². The molecule has 8 heteroatoms. The summed E-state index contributed by atoms with van der Waals surface area (Å²) in [5.41, 5.74) is 7.37. The third kappa shape index (κ3) is 4.03. The second kappa shape index (κ2) is 9.00. The second-order valence-corrected chi connectivity index (χ2v) is 9.60. The SMILES string of the molecule is c1ccc(COc2cncc(-c3cc4c(-c5cc6c(-c7cccs7)nccc6[nH]5)n[nH]c4cn3)c2)cc1. The van der Waals surface area contributed by atoms with Gasteiger partial charge >= 0.3 is 0 Å². The molecule has 1 aromatic carbocycles. The van der Waals surface area contributed by atoms with Crippen LogP contribution in [0.1, 0.15) is 5.56 Å². The van der Waals surface area contributed by atoms with Crippen LogP contribution in [-0.2, 0) is 6.61 Å². The summed E-state index contributed by atoms with van der Waals surface area (Å²) < 4.78 is 5.98. The highest BCUT2D eigenvalue weighted by Crippen LogP contribution is 2.35. The summed E-state index contributed by atoms with van der Waals surface area (Å²) in [6.45, 7) is 0.479. The van der Waals surface area contributed by atoms with Crippen LogP contribution in [0.15, 0.2) is 96.9 Å². The van der Waals surface area contributed by atoms with Gasteiger partial charge in [0.1, 0.15) is 18.1 Å². The first-order chi connectivity index (χ1) is 18.3. The van der Waals surface area contributed by atoms with E-state index in [1.165, 1.54) is 0 Å². The summed E-state index contributed by atoms with van der Waals surface area (Å²) >= 11 is 1.68. The van der Waals surface area contributed by atoms with Gasteiger partial charge in [0.15, 0.2) is 0 Å². The highest BCUT2D eigenvalue weighted by Gasteiger charge is 2.16. The Balaban J connectivity index is 1.24. The molecule has 0 saturated carbocycles. The molecule has 7 aromatic rings. The second-order valence-electron chi connectivity index (χ2n) is 8.65. The molecule has 0 aliphatic heterocycles. The molecule has 6 aromatic heterocycles. The molecule has 2 N–H and O–H groups in total. The molecule has 7 nitrogen and oxygen atoms in total. The van der Waals surface area contributed by atoms with E-state index in [2.05, 4.69) is 47.6 Å². The average molecular weight is 501 g/mol. The van der Waals surface area contributed by atoms with Gasteiger partial charge in [-0.05, 0) is 41.3 Å². The number of hydrogen-bond donors (Lipinski definition) is 2. The predicted molar refractivity (Wildman–Crippen MR) is 146 cm³/mol. The largest absolute Gasteiger partial charge is 0.487 e. The molecule has 0 aliphatic rings. The van der Waals surface area contributed by atoms with Crippen LogP contribution in [0.4, 0.5) is 0 Å². The predicted octanol–water partition coefficient (Wildman–Crippen LogP) is 6.87. The zero-order chi connectivity index (χ0) is 24.6. The summed E-state index contributed by atoms with van der Waals surface area (Å²) in [7, 11) is 0. The van der Waals surface area contributed by atoms with Gasteiger partial charge in [0.25, 0.3) is 0 Å². The monoisotopic (exact) mass is 500 g/mol. The molecular formula is C29H20N6OS. The van der Waals surface area contributed by atoms with Crippen molar-refractivity contribution in [3.63, 3.8) is 0 Å². The number of benzene rings is 1. The molecule has 0 radical (unpaired) electrons. The van der Waals surface area contributed by atoms with Crippen molar-refractivity contribution < 1.29 is 4.74 Å². The van der Waals surface area contributed by atoms with Crippen molar-refractivity contribution in [3.05, 3.63) is 102 Å². The number of hydrogen-bond acceptors (Lipinski definition) is 6. The number of pyridine rings is 3. The number of ether oxygens (including phenoxy) is 1. The molecule has 178 valence electrons. The lowest BCUT2D eigenvalue weighted by Gasteiger charge is -2.08. The molecule has 37 heavy (non-hydrogen) atoms. The third-order valence-electron chi connectivity index (χ3n) is 6.26. The third-order valence-corrected chi connectivity index (χ3v) is 7.14. The number of nitrogens with zero attached hydrogens (tertiary/aromatic N) is 4. The van der Waals surface area contributed by atoms with Gasteiger partial charge in [-0.25, -0.2) is 0 Å². The molecular weight excluding hydrogens is 480 g/mol. The van der Waals surface area contributed by atoms with Gasteiger partial charge in [-0.3, -0.25) is 20.1 Å². The van der Waals surface area contributed by atoms with E-state index in [9.17, 15) is 0 Å². The molecule has 0 unspecified atom stereocenters. The molecule has 0 amide bonds. The minimum absolute atomic E-state index is 0.479. The highest BCUT2D eigenvalue weighted by molar-refractivity contribution is 7.13. The van der Waals surface area contributed by atoms with Crippen molar-refractivity contribution in [1.29, 1.82) is 0 Å². The molecule has 0 spiro atoms. The van der Waals surface area contributed by atoms with Gasteiger partial charge in [-0.15, -0.1) is 11.3 Å². The molecule has 6 heterocycles. The van der Waals surface area contributed by atoms with E-state index >= 15 is 0 Å². The van der Waals surface area contributed by atoms with Gasteiger partial charge in [0.05, 0.1) is 39.9 Å². The zero-order valence-corrected chi connectivity index (χ0v) is 20.4. The first-order valence-electron chi connectivity index (χ1n) is 11.8. The first kappa shape index (κ1) is 21.5.